The molecule has 96 valence electrons. The van der Waals surface area contributed by atoms with Gasteiger partial charge in [0.2, 0.25) is 0 Å². The van der Waals surface area contributed by atoms with Crippen molar-refractivity contribution in [2.45, 2.75) is 31.7 Å². The second-order valence-corrected chi connectivity index (χ2v) is 5.16. The molecule has 0 radical (unpaired) electrons. The quantitative estimate of drug-likeness (QED) is 0.631. The first kappa shape index (κ1) is 11.8. The van der Waals surface area contributed by atoms with Crippen LogP contribution >= 0.6 is 0 Å². The molecule has 3 nitrogen and oxygen atoms in total. The Morgan fingerprint density at radius 1 is 1.28 bits per heavy atom. The summed E-state index contributed by atoms with van der Waals surface area (Å²) in [5.74, 6) is 7.31. The van der Waals surface area contributed by atoms with Crippen molar-refractivity contribution in [1.82, 2.24) is 5.43 Å². The number of nitrogens with one attached hydrogen (secondary N) is 1. The summed E-state index contributed by atoms with van der Waals surface area (Å²) in [5.41, 5.74) is 5.91. The maximum absolute atomic E-state index is 5.73. The fraction of sp³-hybridized carbons (Fsp3) is 0.467. The average Bonchev–Trinajstić information content (AvgIpc) is 2.93. The predicted molar refractivity (Wildman–Crippen MR) is 71.7 cm³/mol. The molecule has 0 saturated carbocycles. The van der Waals surface area contributed by atoms with Gasteiger partial charge in [-0.05, 0) is 42.4 Å². The number of hydrogen-bond acceptors (Lipinski definition) is 3. The van der Waals surface area contributed by atoms with Gasteiger partial charge < -0.3 is 4.74 Å². The number of aryl methyl sites for hydroxylation is 1. The first-order valence-corrected chi connectivity index (χ1v) is 6.74. The highest BCUT2D eigenvalue weighted by molar-refractivity contribution is 5.30. The molecule has 1 aliphatic heterocycles. The maximum atomic E-state index is 5.73. The van der Waals surface area contributed by atoms with Gasteiger partial charge in [-0.2, -0.15) is 0 Å². The molecule has 0 saturated heterocycles. The number of ether oxygens (including phenoxy) is 1. The highest BCUT2D eigenvalue weighted by Gasteiger charge is 2.29. The molecule has 0 amide bonds. The van der Waals surface area contributed by atoms with Gasteiger partial charge in [-0.3, -0.25) is 5.84 Å². The van der Waals surface area contributed by atoms with Gasteiger partial charge in [0, 0.05) is 6.42 Å². The van der Waals surface area contributed by atoms with Crippen LogP contribution in [0.2, 0.25) is 0 Å². The number of rotatable bonds is 3. The van der Waals surface area contributed by atoms with Crippen LogP contribution in [0.3, 0.4) is 0 Å². The number of hydrazine groups is 1. The van der Waals surface area contributed by atoms with Gasteiger partial charge in [0.1, 0.15) is 5.76 Å². The third kappa shape index (κ3) is 2.16. The number of fused-ring (bicyclic) bond motifs is 1. The number of benzene rings is 1. The molecular weight excluding hydrogens is 224 g/mol. The molecule has 1 aliphatic carbocycles. The lowest BCUT2D eigenvalue weighted by atomic mass is 9.79. The van der Waals surface area contributed by atoms with E-state index in [-0.39, 0.29) is 6.04 Å². The van der Waals surface area contributed by atoms with Crippen molar-refractivity contribution in [2.75, 3.05) is 6.61 Å². The Hall–Kier alpha value is -1.32. The second kappa shape index (κ2) is 5.12. The SMILES string of the molecule is NNC(C1=CCCO1)C1CCc2ccccc2C1. The minimum absolute atomic E-state index is 0.167. The molecule has 0 spiro atoms. The molecule has 2 atom stereocenters. The van der Waals surface area contributed by atoms with Crippen molar-refractivity contribution in [2.24, 2.45) is 11.8 Å². The molecule has 1 aromatic rings. The highest BCUT2D eigenvalue weighted by Crippen LogP contribution is 2.31. The van der Waals surface area contributed by atoms with Gasteiger partial charge in [0.25, 0.3) is 0 Å². The van der Waals surface area contributed by atoms with E-state index in [1.807, 2.05) is 0 Å². The minimum Gasteiger partial charge on any atom is -0.496 e. The van der Waals surface area contributed by atoms with Crippen LogP contribution in [0.25, 0.3) is 0 Å². The summed E-state index contributed by atoms with van der Waals surface area (Å²) in [4.78, 5) is 0. The smallest absolute Gasteiger partial charge is 0.111 e. The summed E-state index contributed by atoms with van der Waals surface area (Å²) < 4.78 is 5.67. The van der Waals surface area contributed by atoms with Gasteiger partial charge in [0.15, 0.2) is 0 Å². The fourth-order valence-corrected chi connectivity index (χ4v) is 3.11. The lowest BCUT2D eigenvalue weighted by Crippen LogP contribution is -2.44. The molecule has 3 heteroatoms. The van der Waals surface area contributed by atoms with E-state index in [1.165, 1.54) is 17.5 Å². The average molecular weight is 244 g/mol. The lowest BCUT2D eigenvalue weighted by Gasteiger charge is -2.31. The zero-order valence-electron chi connectivity index (χ0n) is 10.6. The summed E-state index contributed by atoms with van der Waals surface area (Å²) in [6.07, 6.45) is 6.59. The van der Waals surface area contributed by atoms with E-state index in [2.05, 4.69) is 35.8 Å². The Morgan fingerprint density at radius 2 is 2.11 bits per heavy atom. The van der Waals surface area contributed by atoms with Gasteiger partial charge in [0.05, 0.1) is 12.6 Å². The minimum atomic E-state index is 0.167. The standard InChI is InChI=1S/C15H20N2O/c16-17-15(14-6-3-9-18-14)13-8-7-11-4-1-2-5-12(11)10-13/h1-2,4-6,13,15,17H,3,7-10,16H2. The molecule has 3 N–H and O–H groups in total. The zero-order valence-corrected chi connectivity index (χ0v) is 10.6. The van der Waals surface area contributed by atoms with Crippen LogP contribution in [-0.2, 0) is 17.6 Å². The summed E-state index contributed by atoms with van der Waals surface area (Å²) >= 11 is 0. The van der Waals surface area contributed by atoms with E-state index >= 15 is 0 Å². The fourth-order valence-electron chi connectivity index (χ4n) is 3.11. The number of hydrogen-bond donors (Lipinski definition) is 2. The van der Waals surface area contributed by atoms with Gasteiger partial charge in [-0.1, -0.05) is 24.3 Å². The van der Waals surface area contributed by atoms with Crippen LogP contribution in [0.4, 0.5) is 0 Å². The molecular formula is C15H20N2O. The Labute approximate surface area is 108 Å². The van der Waals surface area contributed by atoms with E-state index in [0.717, 1.165) is 31.6 Å². The molecule has 0 aromatic heterocycles. The van der Waals surface area contributed by atoms with Gasteiger partial charge >= 0.3 is 0 Å². The van der Waals surface area contributed by atoms with Crippen LogP contribution in [0.15, 0.2) is 36.1 Å². The van der Waals surface area contributed by atoms with Crippen LogP contribution < -0.4 is 11.3 Å². The second-order valence-electron chi connectivity index (χ2n) is 5.16. The summed E-state index contributed by atoms with van der Waals surface area (Å²) in [7, 11) is 0. The molecule has 1 heterocycles. The largest absolute Gasteiger partial charge is 0.496 e. The number of nitrogens with two attached hydrogens (primary N) is 1. The maximum Gasteiger partial charge on any atom is 0.111 e. The zero-order chi connectivity index (χ0) is 12.4. The Balaban J connectivity index is 1.78. The Kier molecular flexibility index (Phi) is 3.35. The third-order valence-corrected chi connectivity index (χ3v) is 4.07. The highest BCUT2D eigenvalue weighted by atomic mass is 16.5. The van der Waals surface area contributed by atoms with E-state index in [4.69, 9.17) is 10.6 Å². The van der Waals surface area contributed by atoms with Crippen molar-refractivity contribution in [3.05, 3.63) is 47.2 Å². The lowest BCUT2D eigenvalue weighted by molar-refractivity contribution is 0.187. The van der Waals surface area contributed by atoms with E-state index in [0.29, 0.717) is 5.92 Å². The molecule has 0 fully saturated rings. The van der Waals surface area contributed by atoms with Crippen LogP contribution in [0.5, 0.6) is 0 Å². The van der Waals surface area contributed by atoms with E-state index in [1.54, 1.807) is 0 Å². The Morgan fingerprint density at radius 3 is 2.83 bits per heavy atom. The van der Waals surface area contributed by atoms with Crippen LogP contribution in [0.1, 0.15) is 24.0 Å². The van der Waals surface area contributed by atoms with E-state index in [9.17, 15) is 0 Å². The normalized spacial score (nSPS) is 24.1. The van der Waals surface area contributed by atoms with Gasteiger partial charge in [-0.15, -0.1) is 0 Å². The van der Waals surface area contributed by atoms with Crippen molar-refractivity contribution in [1.29, 1.82) is 0 Å². The molecule has 0 bridgehead atoms. The molecule has 2 aliphatic rings. The van der Waals surface area contributed by atoms with Crippen molar-refractivity contribution in [3.8, 4) is 0 Å². The monoisotopic (exact) mass is 244 g/mol. The van der Waals surface area contributed by atoms with Gasteiger partial charge in [-0.25, -0.2) is 5.43 Å². The predicted octanol–water partition coefficient (Wildman–Crippen LogP) is 1.93. The molecule has 2 unspecified atom stereocenters. The topological polar surface area (TPSA) is 47.3 Å². The van der Waals surface area contributed by atoms with Crippen molar-refractivity contribution in [3.63, 3.8) is 0 Å². The first-order chi connectivity index (χ1) is 8.88. The summed E-state index contributed by atoms with van der Waals surface area (Å²) in [6, 6.07) is 8.89. The molecule has 18 heavy (non-hydrogen) atoms. The summed E-state index contributed by atoms with van der Waals surface area (Å²) in [6.45, 7) is 0.802. The van der Waals surface area contributed by atoms with Crippen molar-refractivity contribution >= 4 is 0 Å². The van der Waals surface area contributed by atoms with Crippen LogP contribution in [0, 0.1) is 5.92 Å². The molecule has 1 aromatic carbocycles. The summed E-state index contributed by atoms with van der Waals surface area (Å²) in [5, 5.41) is 0. The van der Waals surface area contributed by atoms with Crippen molar-refractivity contribution < 1.29 is 4.74 Å². The van der Waals surface area contributed by atoms with Crippen LogP contribution in [-0.4, -0.2) is 12.6 Å². The van der Waals surface area contributed by atoms with E-state index < -0.39 is 0 Å². The Bertz CT molecular complexity index is 456. The first-order valence-electron chi connectivity index (χ1n) is 6.74. The third-order valence-electron chi connectivity index (χ3n) is 4.07. The molecule has 3 rings (SSSR count).